The van der Waals surface area contributed by atoms with Crippen LogP contribution in [0.2, 0.25) is 0 Å². The lowest BCUT2D eigenvalue weighted by Gasteiger charge is -2.12. The molecule has 0 saturated carbocycles. The van der Waals surface area contributed by atoms with E-state index in [1.54, 1.807) is 0 Å². The van der Waals surface area contributed by atoms with Crippen molar-refractivity contribution in [3.8, 4) is 0 Å². The number of hydrogen-bond acceptors (Lipinski definition) is 3. The molecule has 0 bridgehead atoms. The Morgan fingerprint density at radius 2 is 1.90 bits per heavy atom. The van der Waals surface area contributed by atoms with Crippen molar-refractivity contribution in [3.05, 3.63) is 53.6 Å². The van der Waals surface area contributed by atoms with E-state index in [0.29, 0.717) is 17.1 Å². The van der Waals surface area contributed by atoms with Crippen LogP contribution in [0.15, 0.2) is 47.4 Å². The van der Waals surface area contributed by atoms with E-state index in [1.807, 2.05) is 56.3 Å². The first kappa shape index (κ1) is 14.5. The van der Waals surface area contributed by atoms with Crippen LogP contribution in [-0.4, -0.2) is 11.7 Å². The summed E-state index contributed by atoms with van der Waals surface area (Å²) in [5, 5.41) is 2.89. The Labute approximate surface area is 123 Å². The van der Waals surface area contributed by atoms with Gasteiger partial charge in [0, 0.05) is 4.90 Å². The molecule has 2 aromatic rings. The van der Waals surface area contributed by atoms with E-state index in [2.05, 4.69) is 5.32 Å². The molecule has 0 aromatic heterocycles. The largest absolute Gasteiger partial charge is 0.397 e. The van der Waals surface area contributed by atoms with Crippen LogP contribution in [-0.2, 0) is 4.79 Å². The standard InChI is InChI=1S/C16H18N2OS/c1-11-8-12(2)16(14(17)9-11)18-15(19)10-20-13-6-4-3-5-7-13/h3-9H,10,17H2,1-2H3,(H,18,19). The number of anilines is 2. The SMILES string of the molecule is Cc1cc(C)c(NC(=O)CSc2ccccc2)c(N)c1. The fourth-order valence-electron chi connectivity index (χ4n) is 2.01. The van der Waals surface area contributed by atoms with Gasteiger partial charge in [0.05, 0.1) is 17.1 Å². The summed E-state index contributed by atoms with van der Waals surface area (Å²) < 4.78 is 0. The molecular formula is C16H18N2OS. The lowest BCUT2D eigenvalue weighted by atomic mass is 10.1. The number of thioether (sulfide) groups is 1. The lowest BCUT2D eigenvalue weighted by molar-refractivity contribution is -0.113. The van der Waals surface area contributed by atoms with Gasteiger partial charge in [-0.25, -0.2) is 0 Å². The van der Waals surface area contributed by atoms with Crippen molar-refractivity contribution in [2.45, 2.75) is 18.7 Å². The lowest BCUT2D eigenvalue weighted by Crippen LogP contribution is -2.16. The van der Waals surface area contributed by atoms with Gasteiger partial charge in [-0.1, -0.05) is 24.3 Å². The topological polar surface area (TPSA) is 55.1 Å². The van der Waals surface area contributed by atoms with Gasteiger partial charge >= 0.3 is 0 Å². The quantitative estimate of drug-likeness (QED) is 0.667. The minimum absolute atomic E-state index is 0.0440. The second-order valence-corrected chi connectivity index (χ2v) is 5.74. The van der Waals surface area contributed by atoms with Crippen LogP contribution in [0.4, 0.5) is 11.4 Å². The summed E-state index contributed by atoms with van der Waals surface area (Å²) in [6.45, 7) is 3.93. The molecule has 0 heterocycles. The number of nitrogens with two attached hydrogens (primary N) is 1. The molecule has 2 rings (SSSR count). The third kappa shape index (κ3) is 3.78. The highest BCUT2D eigenvalue weighted by atomic mass is 32.2. The molecular weight excluding hydrogens is 268 g/mol. The predicted molar refractivity (Wildman–Crippen MR) is 86.1 cm³/mol. The fourth-order valence-corrected chi connectivity index (χ4v) is 2.73. The minimum atomic E-state index is -0.0440. The first-order chi connectivity index (χ1) is 9.56. The third-order valence-corrected chi connectivity index (χ3v) is 3.90. The summed E-state index contributed by atoms with van der Waals surface area (Å²) in [7, 11) is 0. The van der Waals surface area contributed by atoms with Crippen LogP contribution in [0.3, 0.4) is 0 Å². The predicted octanol–water partition coefficient (Wildman–Crippen LogP) is 3.62. The Kier molecular flexibility index (Phi) is 4.69. The molecule has 0 saturated heterocycles. The highest BCUT2D eigenvalue weighted by molar-refractivity contribution is 8.00. The summed E-state index contributed by atoms with van der Waals surface area (Å²) in [5.74, 6) is 0.328. The van der Waals surface area contributed by atoms with Gasteiger partial charge in [0.15, 0.2) is 0 Å². The van der Waals surface area contributed by atoms with Crippen molar-refractivity contribution >= 4 is 29.0 Å². The van der Waals surface area contributed by atoms with Crippen molar-refractivity contribution < 1.29 is 4.79 Å². The average molecular weight is 286 g/mol. The van der Waals surface area contributed by atoms with Gasteiger partial charge in [-0.05, 0) is 43.2 Å². The zero-order valence-electron chi connectivity index (χ0n) is 11.6. The van der Waals surface area contributed by atoms with E-state index in [9.17, 15) is 4.79 Å². The number of hydrogen-bond donors (Lipinski definition) is 2. The smallest absolute Gasteiger partial charge is 0.234 e. The molecule has 0 aliphatic carbocycles. The number of benzene rings is 2. The molecule has 3 nitrogen and oxygen atoms in total. The van der Waals surface area contributed by atoms with E-state index in [-0.39, 0.29) is 5.91 Å². The zero-order chi connectivity index (χ0) is 14.5. The number of nitrogens with one attached hydrogen (secondary N) is 1. The van der Waals surface area contributed by atoms with Crippen molar-refractivity contribution in [2.75, 3.05) is 16.8 Å². The van der Waals surface area contributed by atoms with Crippen molar-refractivity contribution in [1.82, 2.24) is 0 Å². The number of carbonyl (C=O) groups excluding carboxylic acids is 1. The third-order valence-electron chi connectivity index (χ3n) is 2.89. The number of rotatable bonds is 4. The molecule has 0 fully saturated rings. The van der Waals surface area contributed by atoms with Crippen LogP contribution in [0.1, 0.15) is 11.1 Å². The second kappa shape index (κ2) is 6.48. The van der Waals surface area contributed by atoms with Gasteiger partial charge in [0.2, 0.25) is 5.91 Å². The summed E-state index contributed by atoms with van der Waals surface area (Å²) >= 11 is 1.51. The molecule has 0 atom stereocenters. The molecule has 3 N–H and O–H groups in total. The van der Waals surface area contributed by atoms with Gasteiger partial charge < -0.3 is 11.1 Å². The molecule has 4 heteroatoms. The van der Waals surface area contributed by atoms with Gasteiger partial charge in [-0.2, -0.15) is 0 Å². The monoisotopic (exact) mass is 286 g/mol. The summed E-state index contributed by atoms with van der Waals surface area (Å²) in [5.41, 5.74) is 9.37. The van der Waals surface area contributed by atoms with Crippen LogP contribution in [0.5, 0.6) is 0 Å². The van der Waals surface area contributed by atoms with Gasteiger partial charge in [-0.15, -0.1) is 11.8 Å². The van der Waals surface area contributed by atoms with Crippen LogP contribution >= 0.6 is 11.8 Å². The maximum absolute atomic E-state index is 12.0. The molecule has 0 radical (unpaired) electrons. The van der Waals surface area contributed by atoms with E-state index < -0.39 is 0 Å². The molecule has 0 spiro atoms. The first-order valence-corrected chi connectivity index (χ1v) is 7.39. The minimum Gasteiger partial charge on any atom is -0.397 e. The maximum Gasteiger partial charge on any atom is 0.234 e. The Bertz CT molecular complexity index is 588. The fraction of sp³-hybridized carbons (Fsp3) is 0.188. The van der Waals surface area contributed by atoms with Crippen LogP contribution < -0.4 is 11.1 Å². The Morgan fingerprint density at radius 1 is 1.20 bits per heavy atom. The van der Waals surface area contributed by atoms with Gasteiger partial charge in [0.25, 0.3) is 0 Å². The molecule has 0 aliphatic rings. The van der Waals surface area contributed by atoms with Crippen molar-refractivity contribution in [1.29, 1.82) is 0 Å². The summed E-state index contributed by atoms with van der Waals surface area (Å²) in [6, 6.07) is 13.7. The van der Waals surface area contributed by atoms with Crippen molar-refractivity contribution in [3.63, 3.8) is 0 Å². The van der Waals surface area contributed by atoms with Gasteiger partial charge in [0.1, 0.15) is 0 Å². The maximum atomic E-state index is 12.0. The summed E-state index contributed by atoms with van der Waals surface area (Å²) in [4.78, 5) is 13.1. The van der Waals surface area contributed by atoms with Crippen LogP contribution in [0, 0.1) is 13.8 Å². The van der Waals surface area contributed by atoms with Crippen molar-refractivity contribution in [2.24, 2.45) is 0 Å². The van der Waals surface area contributed by atoms with E-state index in [0.717, 1.165) is 16.0 Å². The number of nitrogen functional groups attached to an aromatic ring is 1. The van der Waals surface area contributed by atoms with Gasteiger partial charge in [-0.3, -0.25) is 4.79 Å². The Morgan fingerprint density at radius 3 is 2.55 bits per heavy atom. The van der Waals surface area contributed by atoms with E-state index >= 15 is 0 Å². The van der Waals surface area contributed by atoms with E-state index in [4.69, 9.17) is 5.73 Å². The summed E-state index contributed by atoms with van der Waals surface area (Å²) in [6.07, 6.45) is 0. The van der Waals surface area contributed by atoms with Crippen LogP contribution in [0.25, 0.3) is 0 Å². The molecule has 2 aromatic carbocycles. The van der Waals surface area contributed by atoms with E-state index in [1.165, 1.54) is 11.8 Å². The molecule has 0 unspecified atom stereocenters. The first-order valence-electron chi connectivity index (χ1n) is 6.40. The molecule has 104 valence electrons. The number of amides is 1. The number of aryl methyl sites for hydroxylation is 2. The molecule has 0 aliphatic heterocycles. The Hall–Kier alpha value is -1.94. The molecule has 20 heavy (non-hydrogen) atoms. The second-order valence-electron chi connectivity index (χ2n) is 4.70. The average Bonchev–Trinajstić information content (AvgIpc) is 2.42. The normalized spacial score (nSPS) is 10.3. The highest BCUT2D eigenvalue weighted by Gasteiger charge is 2.09. The highest BCUT2D eigenvalue weighted by Crippen LogP contribution is 2.25. The molecule has 1 amide bonds. The Balaban J connectivity index is 1.98. The zero-order valence-corrected chi connectivity index (χ0v) is 12.5. The number of carbonyl (C=O) groups is 1.